The van der Waals surface area contributed by atoms with Crippen LogP contribution in [0.15, 0.2) is 88.8 Å². The minimum absolute atomic E-state index is 0.0567. The molecule has 0 unspecified atom stereocenters. The standard InChI is InChI=1S/C26H20Cl2N2O3S2.C2H6/c1-34-18-8-10-20(21(15-18)19-9-6-16(27)13-25(19)35(2,32)33)26(31)30-17-7-11-23(28)22(14-17)24-5-3-4-12-29-24;1-2/h3-15H,1-2H3,(H,30,31);1-2H3. The van der Waals surface area contributed by atoms with Crippen LogP contribution in [0.1, 0.15) is 24.2 Å². The van der Waals surface area contributed by atoms with E-state index < -0.39 is 15.7 Å². The predicted molar refractivity (Wildman–Crippen MR) is 156 cm³/mol. The second kappa shape index (κ2) is 12.6. The van der Waals surface area contributed by atoms with Crippen LogP contribution in [0, 0.1) is 0 Å². The molecule has 37 heavy (non-hydrogen) atoms. The molecule has 0 bridgehead atoms. The molecule has 0 atom stereocenters. The quantitative estimate of drug-likeness (QED) is 0.236. The molecular formula is C28H26Cl2N2O3S2. The first-order chi connectivity index (χ1) is 17.7. The SMILES string of the molecule is CC.CSc1ccc(C(=O)Nc2ccc(Cl)c(-c3ccccn3)c2)c(-c2ccc(Cl)cc2S(C)(=O)=O)c1. The van der Waals surface area contributed by atoms with Crippen molar-refractivity contribution in [3.8, 4) is 22.4 Å². The number of nitrogens with zero attached hydrogens (tertiary/aromatic N) is 1. The van der Waals surface area contributed by atoms with Gasteiger partial charge in [-0.25, -0.2) is 8.42 Å². The number of sulfone groups is 1. The van der Waals surface area contributed by atoms with Gasteiger partial charge in [0.05, 0.1) is 15.6 Å². The van der Waals surface area contributed by atoms with Gasteiger partial charge in [-0.05, 0) is 72.5 Å². The molecule has 5 nitrogen and oxygen atoms in total. The molecule has 0 fully saturated rings. The molecule has 0 aliphatic carbocycles. The summed E-state index contributed by atoms with van der Waals surface area (Å²) in [7, 11) is -3.61. The van der Waals surface area contributed by atoms with E-state index in [4.69, 9.17) is 23.2 Å². The first-order valence-electron chi connectivity index (χ1n) is 11.4. The highest BCUT2D eigenvalue weighted by Gasteiger charge is 2.21. The van der Waals surface area contributed by atoms with Crippen molar-refractivity contribution in [2.24, 2.45) is 0 Å². The molecule has 0 saturated carbocycles. The van der Waals surface area contributed by atoms with Crippen molar-refractivity contribution in [3.63, 3.8) is 0 Å². The molecule has 0 radical (unpaired) electrons. The number of pyridine rings is 1. The number of aromatic nitrogens is 1. The fraction of sp³-hybridized carbons (Fsp3) is 0.143. The Labute approximate surface area is 232 Å². The molecule has 1 N–H and O–H groups in total. The Morgan fingerprint density at radius 2 is 1.65 bits per heavy atom. The van der Waals surface area contributed by atoms with Gasteiger partial charge >= 0.3 is 0 Å². The number of benzene rings is 3. The second-order valence-electron chi connectivity index (χ2n) is 7.69. The Hall–Kier alpha value is -2.84. The summed E-state index contributed by atoms with van der Waals surface area (Å²) in [5.74, 6) is -0.392. The van der Waals surface area contributed by atoms with Crippen LogP contribution < -0.4 is 5.32 Å². The molecule has 3 aromatic carbocycles. The maximum absolute atomic E-state index is 13.4. The Morgan fingerprint density at radius 3 is 2.30 bits per heavy atom. The number of amides is 1. The molecule has 0 spiro atoms. The lowest BCUT2D eigenvalue weighted by Gasteiger charge is -2.15. The lowest BCUT2D eigenvalue weighted by Crippen LogP contribution is -2.14. The fourth-order valence-corrected chi connectivity index (χ4v) is 5.43. The lowest BCUT2D eigenvalue weighted by molar-refractivity contribution is 0.102. The van der Waals surface area contributed by atoms with Crippen molar-refractivity contribution in [2.75, 3.05) is 17.8 Å². The molecule has 4 rings (SSSR count). The maximum atomic E-state index is 13.4. The van der Waals surface area contributed by atoms with Gasteiger partial charge in [0.25, 0.3) is 5.91 Å². The molecule has 1 aromatic heterocycles. The molecule has 0 aliphatic heterocycles. The topological polar surface area (TPSA) is 76.1 Å². The van der Waals surface area contributed by atoms with E-state index in [0.29, 0.717) is 43.7 Å². The number of nitrogens with one attached hydrogen (secondary N) is 1. The van der Waals surface area contributed by atoms with Crippen molar-refractivity contribution in [2.45, 2.75) is 23.6 Å². The molecular weight excluding hydrogens is 547 g/mol. The number of carbonyl (C=O) groups is 1. The van der Waals surface area contributed by atoms with Crippen LogP contribution in [0.2, 0.25) is 10.0 Å². The van der Waals surface area contributed by atoms with Gasteiger partial charge in [-0.1, -0.05) is 49.2 Å². The van der Waals surface area contributed by atoms with Crippen LogP contribution in [0.3, 0.4) is 0 Å². The van der Waals surface area contributed by atoms with E-state index in [1.54, 1.807) is 48.7 Å². The monoisotopic (exact) mass is 572 g/mol. The van der Waals surface area contributed by atoms with Crippen molar-refractivity contribution in [3.05, 3.63) is 94.6 Å². The van der Waals surface area contributed by atoms with Gasteiger partial charge < -0.3 is 5.32 Å². The summed E-state index contributed by atoms with van der Waals surface area (Å²) in [6.45, 7) is 4.00. The molecule has 4 aromatic rings. The molecule has 1 heterocycles. The van der Waals surface area contributed by atoms with E-state index in [-0.39, 0.29) is 4.90 Å². The van der Waals surface area contributed by atoms with Crippen molar-refractivity contribution in [1.29, 1.82) is 0 Å². The molecule has 0 aliphatic rings. The van der Waals surface area contributed by atoms with Gasteiger partial charge in [-0.15, -0.1) is 11.8 Å². The van der Waals surface area contributed by atoms with E-state index in [0.717, 1.165) is 11.2 Å². The number of thioether (sulfide) groups is 1. The van der Waals surface area contributed by atoms with Gasteiger partial charge in [0.15, 0.2) is 9.84 Å². The Kier molecular flexibility index (Phi) is 9.79. The average Bonchev–Trinajstić information content (AvgIpc) is 2.90. The number of carbonyl (C=O) groups excluding carboxylic acids is 1. The summed E-state index contributed by atoms with van der Waals surface area (Å²) in [5, 5.41) is 3.71. The van der Waals surface area contributed by atoms with Gasteiger partial charge in [-0.3, -0.25) is 9.78 Å². The van der Waals surface area contributed by atoms with Crippen LogP contribution >= 0.6 is 35.0 Å². The summed E-state index contributed by atoms with van der Waals surface area (Å²) in [4.78, 5) is 18.7. The summed E-state index contributed by atoms with van der Waals surface area (Å²) < 4.78 is 25.1. The normalized spacial score (nSPS) is 10.9. The zero-order valence-electron chi connectivity index (χ0n) is 20.7. The summed E-state index contributed by atoms with van der Waals surface area (Å²) in [5.41, 5.74) is 3.11. The third kappa shape index (κ3) is 6.93. The predicted octanol–water partition coefficient (Wildman–Crippen LogP) is 8.13. The van der Waals surface area contributed by atoms with Crippen molar-refractivity contribution in [1.82, 2.24) is 4.98 Å². The molecule has 192 valence electrons. The highest BCUT2D eigenvalue weighted by Crippen LogP contribution is 2.35. The van der Waals surface area contributed by atoms with Gasteiger partial charge in [0.2, 0.25) is 0 Å². The number of hydrogen-bond acceptors (Lipinski definition) is 5. The van der Waals surface area contributed by atoms with Crippen molar-refractivity contribution >= 4 is 56.4 Å². The number of hydrogen-bond donors (Lipinski definition) is 1. The molecule has 9 heteroatoms. The van der Waals surface area contributed by atoms with Crippen LogP contribution in [-0.4, -0.2) is 31.8 Å². The van der Waals surface area contributed by atoms with Gasteiger partial charge in [0, 0.05) is 44.7 Å². The van der Waals surface area contributed by atoms with Crippen LogP contribution in [-0.2, 0) is 9.84 Å². The van der Waals surface area contributed by atoms with Crippen LogP contribution in [0.4, 0.5) is 5.69 Å². The van der Waals surface area contributed by atoms with Crippen molar-refractivity contribution < 1.29 is 13.2 Å². The van der Waals surface area contributed by atoms with E-state index in [2.05, 4.69) is 10.3 Å². The van der Waals surface area contributed by atoms with Gasteiger partial charge in [-0.2, -0.15) is 0 Å². The van der Waals surface area contributed by atoms with Gasteiger partial charge in [0.1, 0.15) is 0 Å². The number of halogens is 2. The van der Waals surface area contributed by atoms with E-state index in [9.17, 15) is 13.2 Å². The Morgan fingerprint density at radius 1 is 0.892 bits per heavy atom. The summed E-state index contributed by atoms with van der Waals surface area (Å²) >= 11 is 14.0. The first-order valence-corrected chi connectivity index (χ1v) is 15.2. The van der Waals surface area contributed by atoms with Crippen LogP contribution in [0.5, 0.6) is 0 Å². The number of anilines is 1. The Balaban J connectivity index is 0.00000186. The lowest BCUT2D eigenvalue weighted by atomic mass is 9.99. The van der Waals surface area contributed by atoms with Crippen LogP contribution in [0.25, 0.3) is 22.4 Å². The average molecular weight is 574 g/mol. The number of rotatable bonds is 6. The van der Waals surface area contributed by atoms with E-state index in [1.165, 1.54) is 17.8 Å². The smallest absolute Gasteiger partial charge is 0.256 e. The summed E-state index contributed by atoms with van der Waals surface area (Å²) in [6.07, 6.45) is 4.69. The largest absolute Gasteiger partial charge is 0.322 e. The zero-order valence-corrected chi connectivity index (χ0v) is 23.9. The highest BCUT2D eigenvalue weighted by atomic mass is 35.5. The minimum Gasteiger partial charge on any atom is -0.322 e. The first kappa shape index (κ1) is 28.7. The third-order valence-electron chi connectivity index (χ3n) is 5.27. The zero-order chi connectivity index (χ0) is 27.2. The minimum atomic E-state index is -3.61. The highest BCUT2D eigenvalue weighted by molar-refractivity contribution is 7.98. The third-order valence-corrected chi connectivity index (χ3v) is 7.70. The second-order valence-corrected chi connectivity index (χ2v) is 11.4. The molecule has 1 amide bonds. The van der Waals surface area contributed by atoms with E-state index in [1.807, 2.05) is 44.4 Å². The molecule has 0 saturated heterocycles. The maximum Gasteiger partial charge on any atom is 0.256 e. The Bertz CT molecular complexity index is 1530. The summed E-state index contributed by atoms with van der Waals surface area (Å²) in [6, 6.07) is 20.6. The van der Waals surface area contributed by atoms with E-state index >= 15 is 0 Å². The fourth-order valence-electron chi connectivity index (χ4n) is 3.62.